The van der Waals surface area contributed by atoms with E-state index in [1.807, 2.05) is 13.8 Å². The van der Waals surface area contributed by atoms with Crippen LogP contribution in [0.4, 0.5) is 8.78 Å². The molecule has 1 amide bonds. The smallest absolute Gasteiger partial charge is 0.308 e. The van der Waals surface area contributed by atoms with Crippen molar-refractivity contribution in [2.24, 2.45) is 0 Å². The fraction of sp³-hybridized carbons (Fsp3) is 0.297. The molecule has 13 heteroatoms. The van der Waals surface area contributed by atoms with Gasteiger partial charge in [0.15, 0.2) is 0 Å². The normalized spacial score (nSPS) is 13.2. The van der Waals surface area contributed by atoms with E-state index >= 15 is 0 Å². The number of hydrogen-bond acceptors (Lipinski definition) is 7. The molecule has 0 aliphatic heterocycles. The standard InChI is InChI=1S/C37H41F2N3O7S/c1-23(2)42-32(18-17-29(43)20-30(44)21-33(45)49-5)34(25-9-13-27(38)14-10-25)35(26-11-15-28(39)16-12-26)36(42)37(46)40-22-24-7-6-8-31(19-24)50(47,48)41(3)4/h6-19,23,29-30,43-44H,20-22H2,1-5H3,(H,40,46)/t29-,30-/m1/s1. The first-order chi connectivity index (χ1) is 23.6. The van der Waals surface area contributed by atoms with E-state index in [9.17, 15) is 37.0 Å². The van der Waals surface area contributed by atoms with Crippen LogP contribution in [-0.2, 0) is 26.1 Å². The maximum atomic E-state index is 14.3. The Kier molecular flexibility index (Phi) is 12.5. The maximum Gasteiger partial charge on any atom is 0.308 e. The first-order valence-corrected chi connectivity index (χ1v) is 17.3. The number of hydrogen-bond donors (Lipinski definition) is 3. The lowest BCUT2D eigenvalue weighted by Crippen LogP contribution is -2.27. The third kappa shape index (κ3) is 8.90. The highest BCUT2D eigenvalue weighted by atomic mass is 32.2. The molecule has 0 unspecified atom stereocenters. The molecule has 0 radical (unpaired) electrons. The molecule has 4 aromatic rings. The molecule has 3 aromatic carbocycles. The lowest BCUT2D eigenvalue weighted by atomic mass is 9.94. The van der Waals surface area contributed by atoms with Crippen LogP contribution in [0.1, 0.15) is 54.5 Å². The molecule has 1 heterocycles. The fourth-order valence-corrected chi connectivity index (χ4v) is 6.52. The van der Waals surface area contributed by atoms with Gasteiger partial charge in [-0.05, 0) is 73.0 Å². The van der Waals surface area contributed by atoms with Crippen LogP contribution in [0.5, 0.6) is 0 Å². The number of amides is 1. The summed E-state index contributed by atoms with van der Waals surface area (Å²) in [5.41, 5.74) is 3.08. The zero-order valence-electron chi connectivity index (χ0n) is 28.4. The molecular weight excluding hydrogens is 668 g/mol. The SMILES string of the molecule is COC(=O)C[C@H](O)C[C@H](O)C=Cc1c(-c2ccc(F)cc2)c(-c2ccc(F)cc2)c(C(=O)NCc2cccc(S(=O)(=O)N(C)C)c2)n1C(C)C. The second kappa shape index (κ2) is 16.3. The molecule has 0 aliphatic rings. The number of methoxy groups -OCH3 is 1. The van der Waals surface area contributed by atoms with Crippen molar-refractivity contribution in [2.75, 3.05) is 21.2 Å². The number of benzene rings is 3. The van der Waals surface area contributed by atoms with E-state index in [4.69, 9.17) is 0 Å². The number of nitrogens with one attached hydrogen (secondary N) is 1. The molecule has 0 aliphatic carbocycles. The van der Waals surface area contributed by atoms with E-state index in [0.29, 0.717) is 33.5 Å². The van der Waals surface area contributed by atoms with Gasteiger partial charge in [-0.2, -0.15) is 0 Å². The minimum atomic E-state index is -3.73. The predicted molar refractivity (Wildman–Crippen MR) is 186 cm³/mol. The van der Waals surface area contributed by atoms with Gasteiger partial charge in [0.1, 0.15) is 17.3 Å². The van der Waals surface area contributed by atoms with Crippen molar-refractivity contribution in [3.8, 4) is 22.3 Å². The molecular formula is C37H41F2N3O7S. The van der Waals surface area contributed by atoms with Gasteiger partial charge in [0.05, 0.1) is 30.6 Å². The summed E-state index contributed by atoms with van der Waals surface area (Å²) >= 11 is 0. The minimum absolute atomic E-state index is 0.0321. The van der Waals surface area contributed by atoms with Crippen molar-refractivity contribution in [1.82, 2.24) is 14.2 Å². The fourth-order valence-electron chi connectivity index (χ4n) is 5.55. The highest BCUT2D eigenvalue weighted by molar-refractivity contribution is 7.89. The Morgan fingerprint density at radius 2 is 1.52 bits per heavy atom. The van der Waals surface area contributed by atoms with Gasteiger partial charge in [0.2, 0.25) is 10.0 Å². The Hall–Kier alpha value is -4.69. The second-order valence-corrected chi connectivity index (χ2v) is 14.3. The summed E-state index contributed by atoms with van der Waals surface area (Å²) in [5, 5.41) is 24.0. The number of ether oxygens (including phenoxy) is 1. The van der Waals surface area contributed by atoms with E-state index in [2.05, 4.69) is 10.1 Å². The molecule has 0 bridgehead atoms. The quantitative estimate of drug-likeness (QED) is 0.146. The summed E-state index contributed by atoms with van der Waals surface area (Å²) in [6, 6.07) is 17.1. The molecule has 4 rings (SSSR count). The van der Waals surface area contributed by atoms with Crippen molar-refractivity contribution in [3.63, 3.8) is 0 Å². The van der Waals surface area contributed by atoms with Gasteiger partial charge < -0.3 is 24.8 Å². The molecule has 266 valence electrons. The summed E-state index contributed by atoms with van der Waals surface area (Å²) in [6.45, 7) is 3.67. The molecule has 10 nitrogen and oxygen atoms in total. The van der Waals surface area contributed by atoms with Gasteiger partial charge in [0, 0.05) is 49.9 Å². The lowest BCUT2D eigenvalue weighted by Gasteiger charge is -2.18. The Bertz CT molecular complexity index is 1960. The number of rotatable bonds is 14. The predicted octanol–water partition coefficient (Wildman–Crippen LogP) is 5.55. The number of sulfonamides is 1. The zero-order chi connectivity index (χ0) is 36.7. The van der Waals surface area contributed by atoms with Gasteiger partial charge >= 0.3 is 5.97 Å². The van der Waals surface area contributed by atoms with Gasteiger partial charge in [-0.3, -0.25) is 9.59 Å². The van der Waals surface area contributed by atoms with Crippen LogP contribution in [0.2, 0.25) is 0 Å². The molecule has 50 heavy (non-hydrogen) atoms. The molecule has 1 aromatic heterocycles. The van der Waals surface area contributed by atoms with Crippen LogP contribution in [0.15, 0.2) is 83.8 Å². The number of nitrogens with zero attached hydrogens (tertiary/aromatic N) is 2. The van der Waals surface area contributed by atoms with Crippen LogP contribution in [0, 0.1) is 11.6 Å². The van der Waals surface area contributed by atoms with Crippen LogP contribution >= 0.6 is 0 Å². The van der Waals surface area contributed by atoms with E-state index < -0.39 is 45.7 Å². The Morgan fingerprint density at radius 3 is 2.06 bits per heavy atom. The Balaban J connectivity index is 1.89. The van der Waals surface area contributed by atoms with E-state index in [1.165, 1.54) is 75.8 Å². The van der Waals surface area contributed by atoms with Crippen LogP contribution in [-0.4, -0.2) is 72.8 Å². The third-order valence-corrected chi connectivity index (χ3v) is 9.80. The average Bonchev–Trinajstić information content (AvgIpc) is 3.42. The number of carbonyl (C=O) groups excluding carboxylic acids is 2. The van der Waals surface area contributed by atoms with Crippen LogP contribution in [0.25, 0.3) is 28.3 Å². The highest BCUT2D eigenvalue weighted by Crippen LogP contribution is 2.42. The van der Waals surface area contributed by atoms with Crippen molar-refractivity contribution in [1.29, 1.82) is 0 Å². The molecule has 0 spiro atoms. The Labute approximate surface area is 290 Å². The largest absolute Gasteiger partial charge is 0.469 e. The average molecular weight is 710 g/mol. The van der Waals surface area contributed by atoms with Crippen molar-refractivity contribution in [3.05, 3.63) is 107 Å². The third-order valence-electron chi connectivity index (χ3n) is 7.99. The van der Waals surface area contributed by atoms with Crippen molar-refractivity contribution < 1.29 is 41.7 Å². The molecule has 3 N–H and O–H groups in total. The topological polar surface area (TPSA) is 138 Å². The second-order valence-electron chi connectivity index (χ2n) is 12.2. The maximum absolute atomic E-state index is 14.3. The van der Waals surface area contributed by atoms with E-state index in [1.54, 1.807) is 34.9 Å². The van der Waals surface area contributed by atoms with Crippen LogP contribution < -0.4 is 5.32 Å². The minimum Gasteiger partial charge on any atom is -0.469 e. The lowest BCUT2D eigenvalue weighted by molar-refractivity contribution is -0.143. The zero-order valence-corrected chi connectivity index (χ0v) is 29.2. The van der Waals surface area contributed by atoms with E-state index in [0.717, 1.165) is 4.31 Å². The number of carbonyl (C=O) groups is 2. The highest BCUT2D eigenvalue weighted by Gasteiger charge is 2.30. The summed E-state index contributed by atoms with van der Waals surface area (Å²) in [6.07, 6.45) is 0.137. The number of aliphatic hydroxyl groups excluding tert-OH is 2. The first kappa shape index (κ1) is 38.1. The summed E-state index contributed by atoms with van der Waals surface area (Å²) in [4.78, 5) is 26.0. The van der Waals surface area contributed by atoms with E-state index in [-0.39, 0.29) is 36.0 Å². The molecule has 0 saturated carbocycles. The van der Waals surface area contributed by atoms with Gasteiger partial charge in [-0.25, -0.2) is 21.5 Å². The molecule has 0 saturated heterocycles. The monoisotopic (exact) mass is 709 g/mol. The summed E-state index contributed by atoms with van der Waals surface area (Å²) < 4.78 is 61.2. The van der Waals surface area contributed by atoms with Crippen molar-refractivity contribution in [2.45, 2.75) is 56.4 Å². The Morgan fingerprint density at radius 1 is 0.940 bits per heavy atom. The summed E-state index contributed by atoms with van der Waals surface area (Å²) in [5.74, 6) is -2.14. The number of esters is 1. The summed E-state index contributed by atoms with van der Waals surface area (Å²) in [7, 11) is 0.321. The van der Waals surface area contributed by atoms with Gasteiger partial charge in [-0.1, -0.05) is 42.5 Å². The van der Waals surface area contributed by atoms with Gasteiger partial charge in [0.25, 0.3) is 5.91 Å². The number of aliphatic hydroxyl groups is 2. The first-order valence-electron chi connectivity index (χ1n) is 15.8. The number of aromatic nitrogens is 1. The van der Waals surface area contributed by atoms with Crippen molar-refractivity contribution >= 4 is 28.0 Å². The number of halogens is 2. The van der Waals surface area contributed by atoms with Gasteiger partial charge in [-0.15, -0.1) is 0 Å². The van der Waals surface area contributed by atoms with Crippen LogP contribution in [0.3, 0.4) is 0 Å². The molecule has 0 fully saturated rings. The molecule has 2 atom stereocenters.